The van der Waals surface area contributed by atoms with Crippen molar-refractivity contribution in [1.29, 1.82) is 0 Å². The van der Waals surface area contributed by atoms with Crippen LogP contribution in [-0.4, -0.2) is 83.9 Å². The van der Waals surface area contributed by atoms with Gasteiger partial charge < -0.3 is 24.8 Å². The molecule has 8 nitrogen and oxygen atoms in total. The second-order valence-electron chi connectivity index (χ2n) is 16.6. The number of fused-ring (bicyclic) bond motifs is 3. The van der Waals surface area contributed by atoms with E-state index in [0.29, 0.717) is 53.9 Å². The lowest BCUT2D eigenvalue weighted by molar-refractivity contribution is -0.144. The van der Waals surface area contributed by atoms with E-state index in [2.05, 4.69) is 60.1 Å². The van der Waals surface area contributed by atoms with Crippen molar-refractivity contribution in [3.05, 3.63) is 81.1 Å². The third-order valence-electron chi connectivity index (χ3n) is 13.0. The van der Waals surface area contributed by atoms with Crippen LogP contribution in [0.5, 0.6) is 11.5 Å². The maximum atomic E-state index is 13.1. The first-order valence-corrected chi connectivity index (χ1v) is 20.5. The summed E-state index contributed by atoms with van der Waals surface area (Å²) in [5.41, 5.74) is 4.45. The molecule has 53 heavy (non-hydrogen) atoms. The summed E-state index contributed by atoms with van der Waals surface area (Å²) in [7, 11) is 2.17. The zero-order valence-corrected chi connectivity index (χ0v) is 33.3. The van der Waals surface area contributed by atoms with Crippen molar-refractivity contribution in [3.8, 4) is 11.5 Å². The number of halogens is 2. The van der Waals surface area contributed by atoms with Gasteiger partial charge in [0.25, 0.3) is 0 Å². The van der Waals surface area contributed by atoms with Crippen molar-refractivity contribution >= 4 is 34.9 Å². The topological polar surface area (TPSA) is 87.2 Å². The molecule has 4 atom stereocenters. The molecule has 3 aliphatic carbocycles. The van der Waals surface area contributed by atoms with Crippen molar-refractivity contribution in [2.45, 2.75) is 101 Å². The number of carboxylic acids is 1. The van der Waals surface area contributed by atoms with Gasteiger partial charge in [0, 0.05) is 60.4 Å². The lowest BCUT2D eigenvalue weighted by Crippen LogP contribution is -2.53. The number of benzene rings is 2. The first-order chi connectivity index (χ1) is 25.5. The zero-order chi connectivity index (χ0) is 37.3. The van der Waals surface area contributed by atoms with E-state index in [1.54, 1.807) is 6.07 Å². The van der Waals surface area contributed by atoms with Crippen LogP contribution >= 0.6 is 23.2 Å². The molecule has 286 valence electrons. The fourth-order valence-electron chi connectivity index (χ4n) is 9.80. The minimum Gasteiger partial charge on any atom is -0.493 e. The molecule has 1 saturated carbocycles. The maximum absolute atomic E-state index is 13.1. The zero-order valence-electron chi connectivity index (χ0n) is 31.8. The van der Waals surface area contributed by atoms with Crippen molar-refractivity contribution in [2.75, 3.05) is 51.8 Å². The number of aliphatic carboxylic acids is 1. The van der Waals surface area contributed by atoms with E-state index in [1.807, 2.05) is 30.5 Å². The fourth-order valence-corrected chi connectivity index (χ4v) is 10.2. The molecule has 7 rings (SSSR count). The van der Waals surface area contributed by atoms with Crippen LogP contribution < -0.4 is 14.8 Å². The van der Waals surface area contributed by atoms with Gasteiger partial charge in [-0.15, -0.1) is 0 Å². The van der Waals surface area contributed by atoms with E-state index in [1.165, 1.54) is 35.2 Å². The number of carboxylic acid groups (broad SMARTS) is 1. The molecule has 2 aromatic carbocycles. The standard InChI is InChI=1S/C43H56Cl2N4O4/c1-28(26-52-38-11-16-46-37-10-5-7-29(2)40(37)38)21-32-22-31-23-36(45)39(53-27-30(3)49-19-17-48(4)18-20-49)25-35(31)42(32)12-14-43(15-13-42,41(50)51)47-34-9-6-8-33(44)24-34/h6,8-9,11,16,23-25,28-30,32,47H,5,7,10,12-15,17-22,26-27H2,1-4H3,(H,50,51)/t28-,29-,30?,32?,42?,43?/m1/s1. The summed E-state index contributed by atoms with van der Waals surface area (Å²) in [6, 6.07) is 14.0. The highest BCUT2D eigenvalue weighted by Gasteiger charge is 2.54. The number of pyridine rings is 1. The summed E-state index contributed by atoms with van der Waals surface area (Å²) < 4.78 is 13.1. The number of piperazine rings is 1. The minimum absolute atomic E-state index is 0.200. The first-order valence-electron chi connectivity index (χ1n) is 19.7. The molecule has 1 aliphatic heterocycles. The Kier molecular flexibility index (Phi) is 11.5. The number of nitrogens with one attached hydrogen (secondary N) is 1. The van der Waals surface area contributed by atoms with Crippen molar-refractivity contribution in [3.63, 3.8) is 0 Å². The molecule has 4 aliphatic rings. The average Bonchev–Trinajstić information content (AvgIpc) is 3.41. The molecule has 0 bridgehead atoms. The molecular formula is C43H56Cl2N4O4. The number of likely N-dealkylation sites (N-methyl/N-ethyl adjacent to an activating group) is 1. The number of aromatic nitrogens is 1. The Morgan fingerprint density at radius 3 is 2.51 bits per heavy atom. The van der Waals surface area contributed by atoms with Crippen LogP contribution in [-0.2, 0) is 23.1 Å². The van der Waals surface area contributed by atoms with Crippen LogP contribution in [0.15, 0.2) is 48.7 Å². The molecule has 2 N–H and O–H groups in total. The normalized spacial score (nSPS) is 27.1. The largest absolute Gasteiger partial charge is 0.493 e. The van der Waals surface area contributed by atoms with Crippen LogP contribution in [0.4, 0.5) is 5.69 Å². The minimum atomic E-state index is -1.08. The highest BCUT2D eigenvalue weighted by molar-refractivity contribution is 6.32. The number of rotatable bonds is 12. The molecule has 2 fully saturated rings. The van der Waals surface area contributed by atoms with Gasteiger partial charge in [-0.2, -0.15) is 0 Å². The predicted molar refractivity (Wildman–Crippen MR) is 213 cm³/mol. The van der Waals surface area contributed by atoms with E-state index in [4.69, 9.17) is 32.7 Å². The van der Waals surface area contributed by atoms with Crippen LogP contribution in [0, 0.1) is 11.8 Å². The van der Waals surface area contributed by atoms with Crippen molar-refractivity contribution in [1.82, 2.24) is 14.8 Å². The van der Waals surface area contributed by atoms with Gasteiger partial charge in [-0.3, -0.25) is 9.88 Å². The van der Waals surface area contributed by atoms with Gasteiger partial charge in [0.05, 0.1) is 11.6 Å². The molecule has 2 unspecified atom stereocenters. The average molecular weight is 764 g/mol. The summed E-state index contributed by atoms with van der Waals surface area (Å²) in [5.74, 6) is 1.95. The van der Waals surface area contributed by atoms with Crippen LogP contribution in [0.2, 0.25) is 10.0 Å². The second-order valence-corrected chi connectivity index (χ2v) is 17.5. The Balaban J connectivity index is 1.13. The van der Waals surface area contributed by atoms with Gasteiger partial charge in [0.1, 0.15) is 23.6 Å². The Morgan fingerprint density at radius 2 is 1.77 bits per heavy atom. The second kappa shape index (κ2) is 16.0. The predicted octanol–water partition coefficient (Wildman–Crippen LogP) is 8.87. The van der Waals surface area contributed by atoms with Gasteiger partial charge in [-0.05, 0) is 142 Å². The number of hydrogen-bond donors (Lipinski definition) is 2. The van der Waals surface area contributed by atoms with E-state index in [0.717, 1.165) is 75.5 Å². The highest BCUT2D eigenvalue weighted by atomic mass is 35.5. The lowest BCUT2D eigenvalue weighted by Gasteiger charge is -2.47. The van der Waals surface area contributed by atoms with E-state index < -0.39 is 11.5 Å². The Morgan fingerprint density at radius 1 is 1.02 bits per heavy atom. The van der Waals surface area contributed by atoms with Gasteiger partial charge in [-0.1, -0.05) is 43.1 Å². The van der Waals surface area contributed by atoms with E-state index in [9.17, 15) is 9.90 Å². The number of nitrogens with zero attached hydrogens (tertiary/aromatic N) is 3. The van der Waals surface area contributed by atoms with Gasteiger partial charge >= 0.3 is 5.97 Å². The molecule has 1 aromatic heterocycles. The van der Waals surface area contributed by atoms with Crippen molar-refractivity contribution in [2.24, 2.45) is 11.8 Å². The molecule has 1 spiro atoms. The Labute approximate surface area is 325 Å². The monoisotopic (exact) mass is 762 g/mol. The maximum Gasteiger partial charge on any atom is 0.329 e. The molecule has 10 heteroatoms. The summed E-state index contributed by atoms with van der Waals surface area (Å²) in [5, 5.41) is 15.3. The smallest absolute Gasteiger partial charge is 0.329 e. The number of anilines is 1. The third kappa shape index (κ3) is 8.03. The molecule has 0 radical (unpaired) electrons. The van der Waals surface area contributed by atoms with Crippen molar-refractivity contribution < 1.29 is 19.4 Å². The molecule has 1 saturated heterocycles. The first kappa shape index (κ1) is 38.2. The SMILES string of the molecule is CC(COc1cc2c(cc1Cl)CC(C[C@@H](C)COc1ccnc3c1[C@H](C)CCC3)C21CCC(Nc2cccc(Cl)c2)(C(=O)O)CC1)N1CCN(C)CC1. The van der Waals surface area contributed by atoms with Crippen LogP contribution in [0.1, 0.15) is 94.0 Å². The molecule has 3 aromatic rings. The van der Waals surface area contributed by atoms with Gasteiger partial charge in [0.15, 0.2) is 0 Å². The summed E-state index contributed by atoms with van der Waals surface area (Å²) in [4.78, 5) is 22.6. The molecule has 0 amide bonds. The molecule has 2 heterocycles. The summed E-state index contributed by atoms with van der Waals surface area (Å²) >= 11 is 13.3. The fraction of sp³-hybridized carbons (Fsp3) is 0.581. The molecular weight excluding hydrogens is 707 g/mol. The quantitative estimate of drug-likeness (QED) is 0.189. The van der Waals surface area contributed by atoms with Crippen LogP contribution in [0.3, 0.4) is 0 Å². The Bertz CT molecular complexity index is 1770. The number of ether oxygens (including phenoxy) is 2. The van der Waals surface area contributed by atoms with Gasteiger partial charge in [-0.25, -0.2) is 4.79 Å². The number of aryl methyl sites for hydroxylation is 1. The van der Waals surface area contributed by atoms with Crippen LogP contribution in [0.25, 0.3) is 0 Å². The number of hydrogen-bond acceptors (Lipinski definition) is 7. The highest BCUT2D eigenvalue weighted by Crippen LogP contribution is 2.57. The Hall–Kier alpha value is -3.04. The summed E-state index contributed by atoms with van der Waals surface area (Å²) in [6.07, 6.45) is 9.60. The van der Waals surface area contributed by atoms with Gasteiger partial charge in [0.2, 0.25) is 0 Å². The lowest BCUT2D eigenvalue weighted by atomic mass is 9.59. The van der Waals surface area contributed by atoms with E-state index >= 15 is 0 Å². The number of carbonyl (C=O) groups is 1. The summed E-state index contributed by atoms with van der Waals surface area (Å²) in [6.45, 7) is 12.2. The third-order valence-corrected chi connectivity index (χ3v) is 13.5. The van der Waals surface area contributed by atoms with E-state index in [-0.39, 0.29) is 11.5 Å².